The van der Waals surface area contributed by atoms with E-state index in [2.05, 4.69) is 5.32 Å². The first kappa shape index (κ1) is 13.9. The number of hydrogen-bond donors (Lipinski definition) is 3. The third-order valence-electron chi connectivity index (χ3n) is 2.06. The van der Waals surface area contributed by atoms with Crippen molar-refractivity contribution in [1.29, 1.82) is 0 Å². The summed E-state index contributed by atoms with van der Waals surface area (Å²) in [6.45, 7) is -0.644. The van der Waals surface area contributed by atoms with E-state index in [0.29, 0.717) is 0 Å². The number of esters is 1. The van der Waals surface area contributed by atoms with Crippen molar-refractivity contribution < 1.29 is 23.8 Å². The molecule has 1 atom stereocenters. The maximum Gasteiger partial charge on any atom is 0.338 e. The number of rotatable bonds is 5. The lowest BCUT2D eigenvalue weighted by Crippen LogP contribution is -2.44. The predicted octanol–water partition coefficient (Wildman–Crippen LogP) is 0.0117. The van der Waals surface area contributed by atoms with Crippen LogP contribution in [0.1, 0.15) is 10.4 Å². The third kappa shape index (κ3) is 4.38. The number of hydrogen-bond acceptors (Lipinski definition) is 4. The van der Waals surface area contributed by atoms with Gasteiger partial charge in [0, 0.05) is 0 Å². The van der Waals surface area contributed by atoms with Crippen LogP contribution < -0.4 is 11.1 Å². The van der Waals surface area contributed by atoms with Crippen LogP contribution in [-0.2, 0) is 4.74 Å². The molecule has 98 valence electrons. The number of amides is 2. The van der Waals surface area contributed by atoms with Crippen LogP contribution in [0.5, 0.6) is 0 Å². The van der Waals surface area contributed by atoms with E-state index in [1.54, 1.807) is 0 Å². The first-order valence-corrected chi connectivity index (χ1v) is 5.12. The number of primary amides is 1. The molecule has 18 heavy (non-hydrogen) atoms. The largest absolute Gasteiger partial charge is 0.460 e. The first-order chi connectivity index (χ1) is 8.52. The third-order valence-corrected chi connectivity index (χ3v) is 2.06. The van der Waals surface area contributed by atoms with Gasteiger partial charge < -0.3 is 20.9 Å². The zero-order valence-electron chi connectivity index (χ0n) is 9.43. The molecule has 1 aromatic carbocycles. The second-order valence-corrected chi connectivity index (χ2v) is 3.49. The monoisotopic (exact) mass is 256 g/mol. The van der Waals surface area contributed by atoms with Gasteiger partial charge in [-0.1, -0.05) is 0 Å². The van der Waals surface area contributed by atoms with Gasteiger partial charge in [-0.3, -0.25) is 0 Å². The molecule has 2 amide bonds. The Labute approximate surface area is 103 Å². The van der Waals surface area contributed by atoms with E-state index < -0.39 is 30.5 Å². The fourth-order valence-corrected chi connectivity index (χ4v) is 1.19. The maximum atomic E-state index is 12.6. The number of aliphatic hydroxyl groups excluding tert-OH is 1. The Bertz CT molecular complexity index is 422. The highest BCUT2D eigenvalue weighted by molar-refractivity contribution is 5.89. The van der Waals surface area contributed by atoms with Gasteiger partial charge >= 0.3 is 12.0 Å². The quantitative estimate of drug-likeness (QED) is 0.646. The Hall–Kier alpha value is -2.15. The summed E-state index contributed by atoms with van der Waals surface area (Å²) in [5.74, 6) is -1.14. The van der Waals surface area contributed by atoms with Gasteiger partial charge in [-0.2, -0.15) is 0 Å². The molecule has 0 saturated heterocycles. The fourth-order valence-electron chi connectivity index (χ4n) is 1.19. The van der Waals surface area contributed by atoms with Crippen LogP contribution in [0.3, 0.4) is 0 Å². The van der Waals surface area contributed by atoms with Crippen LogP contribution in [0.2, 0.25) is 0 Å². The predicted molar refractivity (Wildman–Crippen MR) is 60.3 cm³/mol. The number of urea groups is 1. The van der Waals surface area contributed by atoms with Crippen molar-refractivity contribution in [2.45, 2.75) is 6.04 Å². The number of carbonyl (C=O) groups excluding carboxylic acids is 2. The average Bonchev–Trinajstić information content (AvgIpc) is 2.34. The minimum Gasteiger partial charge on any atom is -0.460 e. The van der Waals surface area contributed by atoms with E-state index in [9.17, 15) is 14.0 Å². The smallest absolute Gasteiger partial charge is 0.338 e. The molecule has 0 aliphatic heterocycles. The van der Waals surface area contributed by atoms with E-state index in [4.69, 9.17) is 15.6 Å². The van der Waals surface area contributed by atoms with Crippen LogP contribution in [0, 0.1) is 5.82 Å². The second kappa shape index (κ2) is 6.55. The van der Waals surface area contributed by atoms with Gasteiger partial charge in [0.2, 0.25) is 0 Å². The number of nitrogens with one attached hydrogen (secondary N) is 1. The van der Waals surface area contributed by atoms with Gasteiger partial charge in [0.05, 0.1) is 18.2 Å². The molecular weight excluding hydrogens is 243 g/mol. The molecule has 1 rings (SSSR count). The SMILES string of the molecule is NC(=O)NC(CO)COC(=O)c1ccc(F)cc1. The standard InChI is InChI=1S/C11H13FN2O4/c12-8-3-1-7(2-4-8)10(16)18-6-9(5-15)14-11(13)17/h1-4,9,15H,5-6H2,(H3,13,14,17). The molecule has 7 heteroatoms. The highest BCUT2D eigenvalue weighted by Crippen LogP contribution is 2.04. The molecule has 0 fully saturated rings. The molecule has 0 aromatic heterocycles. The Kier molecular flexibility index (Phi) is 5.06. The van der Waals surface area contributed by atoms with E-state index in [0.717, 1.165) is 12.1 Å². The lowest BCUT2D eigenvalue weighted by Gasteiger charge is -2.14. The van der Waals surface area contributed by atoms with Crippen molar-refractivity contribution in [2.24, 2.45) is 5.73 Å². The van der Waals surface area contributed by atoms with Crippen LogP contribution in [0.4, 0.5) is 9.18 Å². The van der Waals surface area contributed by atoms with Crippen LogP contribution in [0.25, 0.3) is 0 Å². The van der Waals surface area contributed by atoms with Crippen molar-refractivity contribution in [3.63, 3.8) is 0 Å². The molecule has 0 spiro atoms. The Morgan fingerprint density at radius 3 is 2.50 bits per heavy atom. The normalized spacial score (nSPS) is 11.7. The number of halogens is 1. The zero-order valence-corrected chi connectivity index (χ0v) is 9.43. The van der Waals surface area contributed by atoms with Gasteiger partial charge in [-0.25, -0.2) is 14.0 Å². The maximum absolute atomic E-state index is 12.6. The number of nitrogens with two attached hydrogens (primary N) is 1. The Balaban J connectivity index is 2.49. The topological polar surface area (TPSA) is 102 Å². The fraction of sp³-hybridized carbons (Fsp3) is 0.273. The summed E-state index contributed by atoms with van der Waals surface area (Å²) in [6.07, 6.45) is 0. The summed E-state index contributed by atoms with van der Waals surface area (Å²) in [6, 6.07) is 3.20. The molecule has 1 unspecified atom stereocenters. The van der Waals surface area contributed by atoms with Crippen molar-refractivity contribution in [3.8, 4) is 0 Å². The molecular formula is C11H13FN2O4. The molecule has 1 aromatic rings. The van der Waals surface area contributed by atoms with Crippen molar-refractivity contribution in [3.05, 3.63) is 35.6 Å². The number of ether oxygens (including phenoxy) is 1. The Morgan fingerprint density at radius 2 is 2.00 bits per heavy atom. The molecule has 0 radical (unpaired) electrons. The van der Waals surface area contributed by atoms with Crippen LogP contribution in [0.15, 0.2) is 24.3 Å². The molecule has 0 bridgehead atoms. The molecule has 4 N–H and O–H groups in total. The first-order valence-electron chi connectivity index (χ1n) is 5.12. The van der Waals surface area contributed by atoms with Gasteiger partial charge in [0.25, 0.3) is 0 Å². The summed E-state index contributed by atoms with van der Waals surface area (Å²) in [4.78, 5) is 22.0. The minimum atomic E-state index is -0.827. The lowest BCUT2D eigenvalue weighted by molar-refractivity contribution is 0.0436. The molecule has 6 nitrogen and oxygen atoms in total. The van der Waals surface area contributed by atoms with E-state index in [1.807, 2.05) is 0 Å². The van der Waals surface area contributed by atoms with Gasteiger partial charge in [-0.05, 0) is 24.3 Å². The van der Waals surface area contributed by atoms with Gasteiger partial charge in [0.15, 0.2) is 0 Å². The van der Waals surface area contributed by atoms with Crippen LogP contribution >= 0.6 is 0 Å². The minimum absolute atomic E-state index is 0.173. The Morgan fingerprint density at radius 1 is 1.39 bits per heavy atom. The van der Waals surface area contributed by atoms with Crippen molar-refractivity contribution in [1.82, 2.24) is 5.32 Å². The molecule has 0 saturated carbocycles. The molecule has 0 aliphatic rings. The van der Waals surface area contributed by atoms with Crippen LogP contribution in [-0.4, -0.2) is 36.4 Å². The summed E-state index contributed by atoms with van der Waals surface area (Å²) in [5, 5.41) is 11.1. The number of aliphatic hydroxyl groups is 1. The van der Waals surface area contributed by atoms with E-state index in [1.165, 1.54) is 12.1 Å². The summed E-state index contributed by atoms with van der Waals surface area (Å²) >= 11 is 0. The van der Waals surface area contributed by atoms with Crippen molar-refractivity contribution in [2.75, 3.05) is 13.2 Å². The number of carbonyl (C=O) groups is 2. The van der Waals surface area contributed by atoms with E-state index in [-0.39, 0.29) is 12.2 Å². The molecule has 0 aliphatic carbocycles. The highest BCUT2D eigenvalue weighted by Gasteiger charge is 2.13. The van der Waals surface area contributed by atoms with Gasteiger partial charge in [0.1, 0.15) is 12.4 Å². The van der Waals surface area contributed by atoms with Crippen molar-refractivity contribution >= 4 is 12.0 Å². The number of benzene rings is 1. The summed E-state index contributed by atoms with van der Waals surface area (Å²) < 4.78 is 17.4. The van der Waals surface area contributed by atoms with Gasteiger partial charge in [-0.15, -0.1) is 0 Å². The summed E-state index contributed by atoms with van der Waals surface area (Å²) in [5.41, 5.74) is 5.03. The highest BCUT2D eigenvalue weighted by atomic mass is 19.1. The average molecular weight is 256 g/mol. The second-order valence-electron chi connectivity index (χ2n) is 3.49. The zero-order chi connectivity index (χ0) is 13.5. The van der Waals surface area contributed by atoms with E-state index >= 15 is 0 Å². The summed E-state index contributed by atoms with van der Waals surface area (Å²) in [7, 11) is 0. The molecule has 0 heterocycles. The lowest BCUT2D eigenvalue weighted by atomic mass is 10.2.